The van der Waals surface area contributed by atoms with Crippen molar-refractivity contribution in [3.8, 4) is 11.5 Å². The van der Waals surface area contributed by atoms with E-state index in [9.17, 15) is 9.59 Å². The summed E-state index contributed by atoms with van der Waals surface area (Å²) in [6.07, 6.45) is 0.499. The molecule has 3 aromatic rings. The number of nitrogens with zero attached hydrogens (tertiary/aromatic N) is 1. The van der Waals surface area contributed by atoms with Gasteiger partial charge in [-0.2, -0.15) is 0 Å². The van der Waals surface area contributed by atoms with Gasteiger partial charge in [-0.1, -0.05) is 47.5 Å². The molecule has 0 aliphatic heterocycles. The lowest BCUT2D eigenvalue weighted by Gasteiger charge is -2.19. The van der Waals surface area contributed by atoms with Crippen molar-refractivity contribution >= 4 is 29.2 Å². The van der Waals surface area contributed by atoms with Crippen molar-refractivity contribution in [2.24, 2.45) is 0 Å². The maximum atomic E-state index is 12.9. The normalized spacial score (nSPS) is 11.4. The van der Waals surface area contributed by atoms with E-state index in [1.165, 1.54) is 10.6 Å². The highest BCUT2D eigenvalue weighted by atomic mass is 35.5. The van der Waals surface area contributed by atoms with E-state index in [-0.39, 0.29) is 29.3 Å². The number of carbonyl (C=O) groups excluding carboxylic acids is 1. The first kappa shape index (κ1) is 27.6. The van der Waals surface area contributed by atoms with Gasteiger partial charge in [-0.05, 0) is 76.9 Å². The Kier molecular flexibility index (Phi) is 9.09. The monoisotopic (exact) mass is 531 g/mol. The third-order valence-electron chi connectivity index (χ3n) is 5.09. The predicted octanol–water partition coefficient (Wildman–Crippen LogP) is 6.72. The number of aryl methyl sites for hydroxylation is 1. The summed E-state index contributed by atoms with van der Waals surface area (Å²) in [5.74, 6) is 0.776. The molecule has 1 aromatic heterocycles. The summed E-state index contributed by atoms with van der Waals surface area (Å²) in [7, 11) is 0. The van der Waals surface area contributed by atoms with Gasteiger partial charge >= 0.3 is 5.97 Å². The number of carbonyl (C=O) groups is 1. The fraction of sp³-hybridized carbons (Fsp3) is 0.357. The maximum Gasteiger partial charge on any atom is 0.338 e. The van der Waals surface area contributed by atoms with Gasteiger partial charge in [0.05, 0.1) is 22.4 Å². The topological polar surface area (TPSA) is 66.8 Å². The Labute approximate surface area is 221 Å². The van der Waals surface area contributed by atoms with Gasteiger partial charge in [-0.25, -0.2) is 4.79 Å². The lowest BCUT2D eigenvalue weighted by Crippen LogP contribution is -2.26. The number of esters is 1. The van der Waals surface area contributed by atoms with E-state index in [0.29, 0.717) is 40.7 Å². The molecule has 0 radical (unpaired) electrons. The fourth-order valence-electron chi connectivity index (χ4n) is 3.47. The minimum absolute atomic E-state index is 0.0197. The Balaban J connectivity index is 1.78. The van der Waals surface area contributed by atoms with Crippen LogP contribution < -0.4 is 15.0 Å². The Morgan fingerprint density at radius 1 is 0.972 bits per heavy atom. The average molecular weight is 532 g/mol. The van der Waals surface area contributed by atoms with Crippen LogP contribution in [0.2, 0.25) is 10.0 Å². The molecule has 1 heterocycles. The standard InChI is InChI=1S/C28H31Cl2NO5/c1-18(2)35-25-9-7-6-8-24(25)34-17-23-21(29)16-22(30)26(32)31(23)15-14-19-10-12-20(13-11-19)27(33)36-28(3,4)5/h6-13,16,18H,14-15,17H2,1-5H3. The molecule has 0 aliphatic rings. The highest BCUT2D eigenvalue weighted by Crippen LogP contribution is 2.29. The van der Waals surface area contributed by atoms with Gasteiger partial charge in [0.15, 0.2) is 11.5 Å². The van der Waals surface area contributed by atoms with Crippen molar-refractivity contribution in [1.82, 2.24) is 4.57 Å². The average Bonchev–Trinajstić information content (AvgIpc) is 2.79. The molecule has 0 N–H and O–H groups in total. The van der Waals surface area contributed by atoms with Gasteiger partial charge in [-0.3, -0.25) is 4.79 Å². The molecule has 0 amide bonds. The number of para-hydroxylation sites is 2. The number of hydrogen-bond acceptors (Lipinski definition) is 5. The molecule has 8 heteroatoms. The quantitative estimate of drug-likeness (QED) is 0.286. The minimum Gasteiger partial charge on any atom is -0.487 e. The van der Waals surface area contributed by atoms with Gasteiger partial charge in [0, 0.05) is 6.54 Å². The van der Waals surface area contributed by atoms with Crippen molar-refractivity contribution in [3.63, 3.8) is 0 Å². The van der Waals surface area contributed by atoms with Crippen LogP contribution in [0.5, 0.6) is 11.5 Å². The summed E-state index contributed by atoms with van der Waals surface area (Å²) in [6.45, 7) is 9.73. The summed E-state index contributed by atoms with van der Waals surface area (Å²) < 4.78 is 18.8. The van der Waals surface area contributed by atoms with Crippen molar-refractivity contribution in [2.75, 3.05) is 0 Å². The Hall–Kier alpha value is -2.96. The van der Waals surface area contributed by atoms with Crippen LogP contribution >= 0.6 is 23.2 Å². The molecule has 0 saturated heterocycles. The smallest absolute Gasteiger partial charge is 0.338 e. The third-order valence-corrected chi connectivity index (χ3v) is 5.69. The summed E-state index contributed by atoms with van der Waals surface area (Å²) in [5, 5.41) is 0.370. The second kappa shape index (κ2) is 11.8. The van der Waals surface area contributed by atoms with Crippen molar-refractivity contribution < 1.29 is 19.0 Å². The zero-order valence-corrected chi connectivity index (χ0v) is 22.7. The predicted molar refractivity (Wildman–Crippen MR) is 143 cm³/mol. The maximum absolute atomic E-state index is 12.9. The minimum atomic E-state index is -0.567. The van der Waals surface area contributed by atoms with E-state index in [1.807, 2.05) is 65.0 Å². The fourth-order valence-corrected chi connectivity index (χ4v) is 4.00. The molecular weight excluding hydrogens is 501 g/mol. The van der Waals surface area contributed by atoms with Crippen molar-refractivity contribution in [1.29, 1.82) is 0 Å². The molecule has 0 spiro atoms. The van der Waals surface area contributed by atoms with Crippen LogP contribution in [-0.4, -0.2) is 22.2 Å². The van der Waals surface area contributed by atoms with Crippen LogP contribution in [0.1, 0.15) is 56.2 Å². The molecule has 6 nitrogen and oxygen atoms in total. The van der Waals surface area contributed by atoms with Crippen LogP contribution in [0.3, 0.4) is 0 Å². The Morgan fingerprint density at radius 2 is 1.61 bits per heavy atom. The SMILES string of the molecule is CC(C)Oc1ccccc1OCc1c(Cl)cc(Cl)c(=O)n1CCc1ccc(C(=O)OC(C)(C)C)cc1. The number of aromatic nitrogens is 1. The van der Waals surface area contributed by atoms with Gasteiger partial charge < -0.3 is 18.8 Å². The summed E-state index contributed by atoms with van der Waals surface area (Å²) in [6, 6.07) is 15.9. The molecule has 2 aromatic carbocycles. The van der Waals surface area contributed by atoms with E-state index in [1.54, 1.807) is 18.2 Å². The highest BCUT2D eigenvalue weighted by Gasteiger charge is 2.18. The van der Waals surface area contributed by atoms with Crippen molar-refractivity contribution in [2.45, 2.75) is 65.9 Å². The number of pyridine rings is 1. The summed E-state index contributed by atoms with van der Waals surface area (Å²) in [4.78, 5) is 25.2. The molecule has 3 rings (SSSR count). The van der Waals surface area contributed by atoms with E-state index in [2.05, 4.69) is 0 Å². The summed E-state index contributed by atoms with van der Waals surface area (Å²) >= 11 is 12.6. The molecule has 0 saturated carbocycles. The number of ether oxygens (including phenoxy) is 3. The van der Waals surface area contributed by atoms with Gasteiger partial charge in [0.25, 0.3) is 5.56 Å². The van der Waals surface area contributed by atoms with Gasteiger partial charge in [-0.15, -0.1) is 0 Å². The van der Waals surface area contributed by atoms with Crippen LogP contribution in [-0.2, 0) is 24.3 Å². The highest BCUT2D eigenvalue weighted by molar-refractivity contribution is 6.34. The zero-order valence-electron chi connectivity index (χ0n) is 21.1. The lowest BCUT2D eigenvalue weighted by molar-refractivity contribution is 0.00695. The lowest BCUT2D eigenvalue weighted by atomic mass is 10.1. The van der Waals surface area contributed by atoms with E-state index in [4.69, 9.17) is 37.4 Å². The molecule has 0 atom stereocenters. The Morgan fingerprint density at radius 3 is 2.22 bits per heavy atom. The molecular formula is C28H31Cl2NO5. The number of hydrogen-bond donors (Lipinski definition) is 0. The number of rotatable bonds is 9. The molecule has 0 fully saturated rings. The largest absolute Gasteiger partial charge is 0.487 e. The zero-order chi connectivity index (χ0) is 26.5. The van der Waals surface area contributed by atoms with Crippen LogP contribution in [0.25, 0.3) is 0 Å². The summed E-state index contributed by atoms with van der Waals surface area (Å²) in [5.41, 5.74) is 0.997. The number of benzene rings is 2. The van der Waals surface area contributed by atoms with E-state index >= 15 is 0 Å². The van der Waals surface area contributed by atoms with Crippen LogP contribution in [0.15, 0.2) is 59.4 Å². The first-order valence-electron chi connectivity index (χ1n) is 11.7. The number of halogens is 2. The van der Waals surface area contributed by atoms with Crippen molar-refractivity contribution in [3.05, 3.63) is 91.8 Å². The first-order valence-corrected chi connectivity index (χ1v) is 12.5. The molecule has 36 heavy (non-hydrogen) atoms. The third kappa shape index (κ3) is 7.52. The molecule has 0 unspecified atom stereocenters. The molecule has 192 valence electrons. The second-order valence-corrected chi connectivity index (χ2v) is 10.4. The second-order valence-electron chi connectivity index (χ2n) is 9.59. The van der Waals surface area contributed by atoms with Gasteiger partial charge in [0.2, 0.25) is 0 Å². The van der Waals surface area contributed by atoms with Gasteiger partial charge in [0.1, 0.15) is 17.2 Å². The van der Waals surface area contributed by atoms with Crippen LogP contribution in [0.4, 0.5) is 0 Å². The first-order chi connectivity index (χ1) is 16.9. The van der Waals surface area contributed by atoms with E-state index < -0.39 is 5.60 Å². The Bertz CT molecular complexity index is 1260. The molecule has 0 aliphatic carbocycles. The van der Waals surface area contributed by atoms with E-state index in [0.717, 1.165) is 5.56 Å². The molecule has 0 bridgehead atoms. The van der Waals surface area contributed by atoms with Crippen LogP contribution in [0, 0.1) is 0 Å².